The first-order valence-corrected chi connectivity index (χ1v) is 14.8. The van der Waals surface area contributed by atoms with Crippen LogP contribution < -0.4 is 16.1 Å². The first-order valence-electron chi connectivity index (χ1n) is 12.9. The van der Waals surface area contributed by atoms with Crippen molar-refractivity contribution in [2.45, 2.75) is 25.8 Å². The number of hydrogen-bond acceptors (Lipinski definition) is 7. The Morgan fingerprint density at radius 3 is 1.19 bits per heavy atom. The minimum atomic E-state index is -2.51. The van der Waals surface area contributed by atoms with Crippen LogP contribution in [0.3, 0.4) is 0 Å². The van der Waals surface area contributed by atoms with Crippen molar-refractivity contribution in [3.05, 3.63) is 60.7 Å². The number of benzene rings is 2. The van der Waals surface area contributed by atoms with E-state index in [-0.39, 0.29) is 5.04 Å². The van der Waals surface area contributed by atoms with Gasteiger partial charge in [-0.15, -0.1) is 0 Å². The SMILES string of the molecule is CC(C)(C)[Si](OCCOCCOCCOCCOCCOCCN)(c1ccccc1)c1ccccc1. The lowest BCUT2D eigenvalue weighted by molar-refractivity contribution is -0.0124. The summed E-state index contributed by atoms with van der Waals surface area (Å²) in [5.41, 5.74) is 5.35. The topological polar surface area (TPSA) is 81.4 Å². The van der Waals surface area contributed by atoms with Crippen LogP contribution in [0.25, 0.3) is 0 Å². The summed E-state index contributed by atoms with van der Waals surface area (Å²) < 4.78 is 34.3. The van der Waals surface area contributed by atoms with Crippen molar-refractivity contribution in [3.8, 4) is 0 Å². The van der Waals surface area contributed by atoms with E-state index in [1.807, 2.05) is 0 Å². The van der Waals surface area contributed by atoms with Crippen LogP contribution in [-0.4, -0.2) is 87.5 Å². The molecule has 2 aromatic rings. The molecule has 0 fully saturated rings. The molecule has 0 spiro atoms. The highest BCUT2D eigenvalue weighted by Crippen LogP contribution is 2.36. The molecule has 2 rings (SSSR count). The van der Waals surface area contributed by atoms with E-state index < -0.39 is 8.32 Å². The van der Waals surface area contributed by atoms with Gasteiger partial charge in [0, 0.05) is 6.54 Å². The van der Waals surface area contributed by atoms with E-state index in [1.165, 1.54) is 10.4 Å². The van der Waals surface area contributed by atoms with Gasteiger partial charge in [0.2, 0.25) is 0 Å². The van der Waals surface area contributed by atoms with Crippen molar-refractivity contribution in [3.63, 3.8) is 0 Å². The molecule has 36 heavy (non-hydrogen) atoms. The van der Waals surface area contributed by atoms with Crippen molar-refractivity contribution in [1.29, 1.82) is 0 Å². The number of hydrogen-bond donors (Lipinski definition) is 1. The van der Waals surface area contributed by atoms with Gasteiger partial charge in [-0.3, -0.25) is 0 Å². The van der Waals surface area contributed by atoms with E-state index in [1.54, 1.807) is 0 Å². The van der Waals surface area contributed by atoms with Crippen LogP contribution >= 0.6 is 0 Å². The van der Waals surface area contributed by atoms with E-state index in [2.05, 4.69) is 81.4 Å². The third-order valence-electron chi connectivity index (χ3n) is 5.71. The fourth-order valence-corrected chi connectivity index (χ4v) is 8.63. The first-order chi connectivity index (χ1) is 17.5. The third kappa shape index (κ3) is 10.4. The zero-order chi connectivity index (χ0) is 26.0. The zero-order valence-corrected chi connectivity index (χ0v) is 23.3. The molecular weight excluding hydrogens is 474 g/mol. The molecule has 0 amide bonds. The number of rotatable bonds is 20. The molecule has 0 unspecified atom stereocenters. The molecule has 0 heterocycles. The smallest absolute Gasteiger partial charge is 0.261 e. The lowest BCUT2D eigenvalue weighted by Crippen LogP contribution is -2.66. The Kier molecular flexibility index (Phi) is 15.1. The van der Waals surface area contributed by atoms with Crippen molar-refractivity contribution < 1.29 is 28.1 Å². The van der Waals surface area contributed by atoms with Gasteiger partial charge in [-0.2, -0.15) is 0 Å². The van der Waals surface area contributed by atoms with Gasteiger partial charge < -0.3 is 33.8 Å². The van der Waals surface area contributed by atoms with Gasteiger partial charge in [0.05, 0.1) is 72.7 Å². The van der Waals surface area contributed by atoms with Crippen molar-refractivity contribution in [2.24, 2.45) is 5.73 Å². The minimum Gasteiger partial charge on any atom is -0.405 e. The van der Waals surface area contributed by atoms with Gasteiger partial charge in [-0.1, -0.05) is 81.4 Å². The van der Waals surface area contributed by atoms with Gasteiger partial charge in [0.15, 0.2) is 0 Å². The average molecular weight is 520 g/mol. The second kappa shape index (κ2) is 17.8. The van der Waals surface area contributed by atoms with Crippen LogP contribution in [0.2, 0.25) is 5.04 Å². The van der Waals surface area contributed by atoms with Crippen LogP contribution in [0.15, 0.2) is 60.7 Å². The lowest BCUT2D eigenvalue weighted by atomic mass is 10.2. The fourth-order valence-electron chi connectivity index (χ4n) is 4.08. The summed E-state index contributed by atoms with van der Waals surface area (Å²) in [5.74, 6) is 0. The highest BCUT2D eigenvalue weighted by molar-refractivity contribution is 6.99. The largest absolute Gasteiger partial charge is 0.405 e. The van der Waals surface area contributed by atoms with Crippen LogP contribution in [0.4, 0.5) is 0 Å². The zero-order valence-electron chi connectivity index (χ0n) is 22.3. The summed E-state index contributed by atoms with van der Waals surface area (Å²) in [4.78, 5) is 0. The maximum absolute atomic E-state index is 6.81. The summed E-state index contributed by atoms with van der Waals surface area (Å²) in [6.45, 7) is 13.3. The minimum absolute atomic E-state index is 0.0396. The van der Waals surface area contributed by atoms with Crippen LogP contribution in [0, 0.1) is 0 Å². The van der Waals surface area contributed by atoms with Crippen molar-refractivity contribution in [2.75, 3.05) is 79.2 Å². The van der Waals surface area contributed by atoms with Crippen LogP contribution in [0.5, 0.6) is 0 Å². The summed E-state index contributed by atoms with van der Waals surface area (Å²) in [7, 11) is -2.51. The normalized spacial score (nSPS) is 12.2. The van der Waals surface area contributed by atoms with Crippen molar-refractivity contribution in [1.82, 2.24) is 0 Å². The molecule has 0 atom stereocenters. The Morgan fingerprint density at radius 2 is 0.861 bits per heavy atom. The Balaban J connectivity index is 1.65. The number of nitrogens with two attached hydrogens (primary N) is 1. The predicted molar refractivity (Wildman–Crippen MR) is 147 cm³/mol. The molecule has 0 radical (unpaired) electrons. The molecule has 0 aliphatic heterocycles. The Labute approximate surface area is 218 Å². The number of ether oxygens (including phenoxy) is 5. The second-order valence-corrected chi connectivity index (χ2v) is 13.7. The van der Waals surface area contributed by atoms with Gasteiger partial charge in [-0.25, -0.2) is 0 Å². The molecule has 202 valence electrons. The van der Waals surface area contributed by atoms with Gasteiger partial charge in [0.25, 0.3) is 8.32 Å². The standard InChI is InChI=1S/C28H45NO6Si/c1-28(2,3)36(26-10-6-4-7-11-26,27-12-8-5-9-13-27)35-25-24-34-23-22-33-21-20-32-19-18-31-17-16-30-15-14-29/h4-13H,14-25,29H2,1-3H3. The molecule has 0 aliphatic rings. The molecule has 2 N–H and O–H groups in total. The maximum atomic E-state index is 6.81. The second-order valence-electron chi connectivity index (χ2n) is 9.36. The van der Waals surface area contributed by atoms with Crippen LogP contribution in [0.1, 0.15) is 20.8 Å². The Hall–Kier alpha value is -1.62. The highest BCUT2D eigenvalue weighted by atomic mass is 28.4. The van der Waals surface area contributed by atoms with Gasteiger partial charge >= 0.3 is 0 Å². The lowest BCUT2D eigenvalue weighted by Gasteiger charge is -2.43. The molecule has 2 aromatic carbocycles. The molecule has 0 saturated carbocycles. The van der Waals surface area contributed by atoms with E-state index in [4.69, 9.17) is 33.8 Å². The van der Waals surface area contributed by atoms with E-state index in [9.17, 15) is 0 Å². The van der Waals surface area contributed by atoms with Gasteiger partial charge in [-0.05, 0) is 15.4 Å². The first kappa shape index (κ1) is 30.6. The quantitative estimate of drug-likeness (QED) is 0.213. The molecule has 0 bridgehead atoms. The predicted octanol–water partition coefficient (Wildman–Crippen LogP) is 2.60. The fraction of sp³-hybridized carbons (Fsp3) is 0.571. The monoisotopic (exact) mass is 519 g/mol. The Morgan fingerprint density at radius 1 is 0.528 bits per heavy atom. The highest BCUT2D eigenvalue weighted by Gasteiger charge is 2.49. The molecule has 0 aliphatic carbocycles. The summed E-state index contributed by atoms with van der Waals surface area (Å²) >= 11 is 0. The summed E-state index contributed by atoms with van der Waals surface area (Å²) in [6, 6.07) is 21.3. The van der Waals surface area contributed by atoms with E-state index in [0.29, 0.717) is 79.2 Å². The molecule has 0 saturated heterocycles. The molecular formula is C28H45NO6Si. The average Bonchev–Trinajstić information content (AvgIpc) is 2.88. The molecule has 7 nitrogen and oxygen atoms in total. The van der Waals surface area contributed by atoms with E-state index in [0.717, 1.165) is 0 Å². The summed E-state index contributed by atoms with van der Waals surface area (Å²) in [6.07, 6.45) is 0. The van der Waals surface area contributed by atoms with Crippen LogP contribution in [-0.2, 0) is 28.1 Å². The molecule has 8 heteroatoms. The summed E-state index contributed by atoms with van der Waals surface area (Å²) in [5, 5.41) is 2.51. The van der Waals surface area contributed by atoms with Gasteiger partial charge in [0.1, 0.15) is 0 Å². The Bertz CT molecular complexity index is 748. The van der Waals surface area contributed by atoms with Crippen molar-refractivity contribution >= 4 is 18.7 Å². The van der Waals surface area contributed by atoms with E-state index >= 15 is 0 Å². The molecule has 0 aromatic heterocycles. The third-order valence-corrected chi connectivity index (χ3v) is 10.8. The maximum Gasteiger partial charge on any atom is 0.261 e.